The summed E-state index contributed by atoms with van der Waals surface area (Å²) in [5, 5.41) is 20.0. The van der Waals surface area contributed by atoms with Crippen LogP contribution in [0.15, 0.2) is 55.0 Å². The number of anilines is 3. The van der Waals surface area contributed by atoms with Crippen LogP contribution in [-0.4, -0.2) is 35.6 Å². The monoisotopic (exact) mass is 375 g/mol. The van der Waals surface area contributed by atoms with E-state index in [0.29, 0.717) is 39.9 Å². The highest BCUT2D eigenvalue weighted by molar-refractivity contribution is 5.88. The van der Waals surface area contributed by atoms with Crippen molar-refractivity contribution in [2.45, 2.75) is 13.5 Å². The minimum absolute atomic E-state index is 0.148. The SMILES string of the molecule is CC(=O)Nc1cc(Nc2nc(-c3ccccn3)nn3ccc(CO)c23)ccn1. The zero-order valence-electron chi connectivity index (χ0n) is 15.0. The van der Waals surface area contributed by atoms with Crippen LogP contribution in [0.3, 0.4) is 0 Å². The van der Waals surface area contributed by atoms with Gasteiger partial charge in [0, 0.05) is 42.8 Å². The molecular weight excluding hydrogens is 358 g/mol. The quantitative estimate of drug-likeness (QED) is 0.490. The van der Waals surface area contributed by atoms with Gasteiger partial charge in [0.25, 0.3) is 0 Å². The summed E-state index contributed by atoms with van der Waals surface area (Å²) in [5.74, 6) is 1.16. The number of amides is 1. The zero-order valence-corrected chi connectivity index (χ0v) is 15.0. The van der Waals surface area contributed by atoms with E-state index in [9.17, 15) is 9.90 Å². The number of hydrogen-bond donors (Lipinski definition) is 3. The first-order valence-corrected chi connectivity index (χ1v) is 8.55. The van der Waals surface area contributed by atoms with E-state index in [2.05, 4.69) is 30.7 Å². The first-order valence-electron chi connectivity index (χ1n) is 8.55. The largest absolute Gasteiger partial charge is 0.392 e. The maximum atomic E-state index is 11.3. The second kappa shape index (κ2) is 7.41. The molecule has 9 heteroatoms. The second-order valence-electron chi connectivity index (χ2n) is 6.03. The topological polar surface area (TPSA) is 117 Å². The van der Waals surface area contributed by atoms with Crippen molar-refractivity contribution < 1.29 is 9.90 Å². The molecule has 1 amide bonds. The molecule has 0 bridgehead atoms. The van der Waals surface area contributed by atoms with Gasteiger partial charge in [-0.05, 0) is 24.3 Å². The molecule has 0 saturated carbocycles. The molecule has 0 unspecified atom stereocenters. The summed E-state index contributed by atoms with van der Waals surface area (Å²) in [6.07, 6.45) is 5.01. The molecule has 0 aliphatic heterocycles. The van der Waals surface area contributed by atoms with Crippen LogP contribution >= 0.6 is 0 Å². The first kappa shape index (κ1) is 17.6. The van der Waals surface area contributed by atoms with Gasteiger partial charge in [-0.3, -0.25) is 9.78 Å². The maximum Gasteiger partial charge on any atom is 0.222 e. The van der Waals surface area contributed by atoms with E-state index in [1.54, 1.807) is 41.3 Å². The Hall–Kier alpha value is -3.85. The number of rotatable bonds is 5. The van der Waals surface area contributed by atoms with Gasteiger partial charge in [0.05, 0.1) is 6.61 Å². The molecule has 0 atom stereocenters. The summed E-state index contributed by atoms with van der Waals surface area (Å²) in [4.78, 5) is 24.3. The predicted octanol–water partition coefficient (Wildman–Crippen LogP) is 2.38. The lowest BCUT2D eigenvalue weighted by atomic mass is 10.2. The van der Waals surface area contributed by atoms with Crippen molar-refractivity contribution >= 4 is 28.7 Å². The fraction of sp³-hybridized carbons (Fsp3) is 0.105. The van der Waals surface area contributed by atoms with E-state index in [-0.39, 0.29) is 12.5 Å². The van der Waals surface area contributed by atoms with Crippen molar-refractivity contribution in [1.29, 1.82) is 0 Å². The number of fused-ring (bicyclic) bond motifs is 1. The van der Waals surface area contributed by atoms with Crippen molar-refractivity contribution in [2.75, 3.05) is 10.6 Å². The number of aliphatic hydroxyl groups is 1. The molecule has 0 aliphatic rings. The van der Waals surface area contributed by atoms with Crippen LogP contribution in [0.5, 0.6) is 0 Å². The molecule has 0 spiro atoms. The lowest BCUT2D eigenvalue weighted by molar-refractivity contribution is -0.114. The molecule has 0 saturated heterocycles. The van der Waals surface area contributed by atoms with E-state index >= 15 is 0 Å². The van der Waals surface area contributed by atoms with Crippen LogP contribution in [0.4, 0.5) is 17.3 Å². The summed E-state index contributed by atoms with van der Waals surface area (Å²) in [5.41, 5.74) is 2.64. The highest BCUT2D eigenvalue weighted by Crippen LogP contribution is 2.26. The molecule has 0 aliphatic carbocycles. The van der Waals surface area contributed by atoms with Crippen LogP contribution in [0.1, 0.15) is 12.5 Å². The minimum atomic E-state index is -0.208. The fourth-order valence-corrected chi connectivity index (χ4v) is 2.80. The van der Waals surface area contributed by atoms with Gasteiger partial charge in [-0.25, -0.2) is 14.5 Å². The minimum Gasteiger partial charge on any atom is -0.392 e. The average molecular weight is 375 g/mol. The summed E-state index contributed by atoms with van der Waals surface area (Å²) >= 11 is 0. The zero-order chi connectivity index (χ0) is 19.5. The Morgan fingerprint density at radius 3 is 2.82 bits per heavy atom. The Kier molecular flexibility index (Phi) is 4.65. The van der Waals surface area contributed by atoms with Crippen LogP contribution in [0.2, 0.25) is 0 Å². The molecule has 0 fully saturated rings. The van der Waals surface area contributed by atoms with E-state index < -0.39 is 0 Å². The number of nitrogens with one attached hydrogen (secondary N) is 2. The molecule has 0 aromatic carbocycles. The van der Waals surface area contributed by atoms with Gasteiger partial charge in [-0.2, -0.15) is 0 Å². The highest BCUT2D eigenvalue weighted by Gasteiger charge is 2.14. The number of aliphatic hydroxyl groups excluding tert-OH is 1. The number of pyridine rings is 2. The Bertz CT molecular complexity index is 1140. The lowest BCUT2D eigenvalue weighted by Crippen LogP contribution is -2.08. The van der Waals surface area contributed by atoms with E-state index in [1.165, 1.54) is 6.92 Å². The smallest absolute Gasteiger partial charge is 0.222 e. The van der Waals surface area contributed by atoms with Gasteiger partial charge in [-0.15, -0.1) is 5.10 Å². The van der Waals surface area contributed by atoms with Crippen molar-refractivity contribution in [1.82, 2.24) is 24.6 Å². The van der Waals surface area contributed by atoms with Gasteiger partial charge in [0.2, 0.25) is 11.7 Å². The van der Waals surface area contributed by atoms with Gasteiger partial charge < -0.3 is 15.7 Å². The molecule has 9 nitrogen and oxygen atoms in total. The van der Waals surface area contributed by atoms with Crippen molar-refractivity contribution in [2.24, 2.45) is 0 Å². The predicted molar refractivity (Wildman–Crippen MR) is 104 cm³/mol. The molecule has 4 aromatic rings. The van der Waals surface area contributed by atoms with Crippen LogP contribution in [-0.2, 0) is 11.4 Å². The van der Waals surface area contributed by atoms with E-state index in [0.717, 1.165) is 0 Å². The van der Waals surface area contributed by atoms with Crippen molar-refractivity contribution in [3.8, 4) is 11.5 Å². The summed E-state index contributed by atoms with van der Waals surface area (Å²) < 4.78 is 1.65. The summed E-state index contributed by atoms with van der Waals surface area (Å²) in [7, 11) is 0. The third kappa shape index (κ3) is 3.51. The third-order valence-electron chi connectivity index (χ3n) is 3.99. The molecule has 4 aromatic heterocycles. The Morgan fingerprint density at radius 1 is 1.18 bits per heavy atom. The molecule has 140 valence electrons. The van der Waals surface area contributed by atoms with Gasteiger partial charge in [-0.1, -0.05) is 6.07 Å². The van der Waals surface area contributed by atoms with Gasteiger partial charge in [0.1, 0.15) is 17.0 Å². The van der Waals surface area contributed by atoms with Crippen LogP contribution < -0.4 is 10.6 Å². The number of nitrogens with zero attached hydrogens (tertiary/aromatic N) is 5. The highest BCUT2D eigenvalue weighted by atomic mass is 16.3. The van der Waals surface area contributed by atoms with E-state index in [1.807, 2.05) is 18.2 Å². The van der Waals surface area contributed by atoms with Gasteiger partial charge >= 0.3 is 0 Å². The number of carbonyl (C=O) groups is 1. The molecular formula is C19H17N7O2. The van der Waals surface area contributed by atoms with Crippen molar-refractivity contribution in [3.63, 3.8) is 0 Å². The number of aromatic nitrogens is 5. The molecule has 4 heterocycles. The third-order valence-corrected chi connectivity index (χ3v) is 3.99. The van der Waals surface area contributed by atoms with Gasteiger partial charge in [0.15, 0.2) is 5.82 Å². The molecule has 0 radical (unpaired) electrons. The number of carbonyl (C=O) groups excluding carboxylic acids is 1. The fourth-order valence-electron chi connectivity index (χ4n) is 2.80. The summed E-state index contributed by atoms with van der Waals surface area (Å²) in [6, 6.07) is 10.7. The Labute approximate surface area is 160 Å². The standard InChI is InChI=1S/C19H17N7O2/c1-12(28)22-16-10-14(5-8-21-16)23-19-17-13(11-27)6-9-26(17)25-18(24-19)15-4-2-3-7-20-15/h2-10,27H,11H2,1H3,(H2,21,22,23,24,25,28). The summed E-state index contributed by atoms with van der Waals surface area (Å²) in [6.45, 7) is 1.27. The maximum absolute atomic E-state index is 11.3. The Balaban J connectivity index is 1.80. The molecule has 3 N–H and O–H groups in total. The van der Waals surface area contributed by atoms with Crippen molar-refractivity contribution in [3.05, 3.63) is 60.6 Å². The Morgan fingerprint density at radius 2 is 2.07 bits per heavy atom. The van der Waals surface area contributed by atoms with Crippen LogP contribution in [0, 0.1) is 0 Å². The molecule has 4 rings (SSSR count). The number of hydrogen-bond acceptors (Lipinski definition) is 7. The molecule has 28 heavy (non-hydrogen) atoms. The first-order chi connectivity index (χ1) is 13.6. The van der Waals surface area contributed by atoms with Crippen LogP contribution in [0.25, 0.3) is 17.0 Å². The van der Waals surface area contributed by atoms with E-state index in [4.69, 9.17) is 0 Å². The second-order valence-corrected chi connectivity index (χ2v) is 6.03. The normalized spacial score (nSPS) is 10.8. The lowest BCUT2D eigenvalue weighted by Gasteiger charge is -2.11. The average Bonchev–Trinajstić information content (AvgIpc) is 3.12.